The summed E-state index contributed by atoms with van der Waals surface area (Å²) < 4.78 is 13.2. The van der Waals surface area contributed by atoms with E-state index in [4.69, 9.17) is 11.6 Å². The topological polar surface area (TPSA) is 12.0 Å². The molecule has 0 radical (unpaired) electrons. The monoisotopic (exact) mass is 277 g/mol. The number of benzene rings is 2. The normalized spacial score (nSPS) is 12.4. The van der Waals surface area contributed by atoms with Crippen LogP contribution in [-0.2, 0) is 6.54 Å². The Morgan fingerprint density at radius 3 is 2.53 bits per heavy atom. The molecule has 0 aromatic heterocycles. The quantitative estimate of drug-likeness (QED) is 0.858. The molecular weight excluding hydrogens is 261 g/mol. The molecule has 2 aromatic carbocycles. The number of hydrogen-bond acceptors (Lipinski definition) is 1. The van der Waals surface area contributed by atoms with E-state index in [0.29, 0.717) is 6.54 Å². The first kappa shape index (κ1) is 14.0. The minimum atomic E-state index is -0.193. The van der Waals surface area contributed by atoms with Crippen molar-refractivity contribution < 1.29 is 4.39 Å². The third-order valence-electron chi connectivity index (χ3n) is 3.28. The highest BCUT2D eigenvalue weighted by Crippen LogP contribution is 2.17. The van der Waals surface area contributed by atoms with Crippen molar-refractivity contribution in [1.29, 1.82) is 0 Å². The number of hydrogen-bond donors (Lipinski definition) is 1. The summed E-state index contributed by atoms with van der Waals surface area (Å²) in [5.41, 5.74) is 3.25. The maximum absolute atomic E-state index is 13.2. The van der Waals surface area contributed by atoms with Gasteiger partial charge in [0.05, 0.1) is 0 Å². The van der Waals surface area contributed by atoms with Crippen LogP contribution in [0.1, 0.15) is 29.7 Å². The van der Waals surface area contributed by atoms with Gasteiger partial charge in [0.15, 0.2) is 0 Å². The van der Waals surface area contributed by atoms with Crippen molar-refractivity contribution in [2.24, 2.45) is 0 Å². The molecule has 0 amide bonds. The van der Waals surface area contributed by atoms with Gasteiger partial charge in [-0.2, -0.15) is 0 Å². The zero-order valence-electron chi connectivity index (χ0n) is 11.1. The van der Waals surface area contributed by atoms with E-state index in [-0.39, 0.29) is 11.9 Å². The summed E-state index contributed by atoms with van der Waals surface area (Å²) in [6.07, 6.45) is 0. The van der Waals surface area contributed by atoms with Crippen LogP contribution in [0.3, 0.4) is 0 Å². The van der Waals surface area contributed by atoms with Gasteiger partial charge in [-0.3, -0.25) is 0 Å². The molecule has 0 spiro atoms. The van der Waals surface area contributed by atoms with Gasteiger partial charge in [-0.15, -0.1) is 0 Å². The molecule has 2 rings (SSSR count). The molecule has 1 nitrogen and oxygen atoms in total. The average Bonchev–Trinajstić information content (AvgIpc) is 2.40. The van der Waals surface area contributed by atoms with Crippen molar-refractivity contribution in [2.75, 3.05) is 0 Å². The molecule has 0 saturated heterocycles. The molecule has 0 aliphatic carbocycles. The van der Waals surface area contributed by atoms with Crippen LogP contribution in [-0.4, -0.2) is 0 Å². The second kappa shape index (κ2) is 6.18. The van der Waals surface area contributed by atoms with Gasteiger partial charge < -0.3 is 5.32 Å². The van der Waals surface area contributed by atoms with E-state index >= 15 is 0 Å². The Hall–Kier alpha value is -1.38. The second-order valence-corrected chi connectivity index (χ2v) is 5.16. The van der Waals surface area contributed by atoms with Gasteiger partial charge in [0.1, 0.15) is 5.82 Å². The highest BCUT2D eigenvalue weighted by molar-refractivity contribution is 6.30. The number of aryl methyl sites for hydroxylation is 1. The number of nitrogens with one attached hydrogen (secondary N) is 1. The van der Waals surface area contributed by atoms with Crippen LogP contribution in [0.4, 0.5) is 4.39 Å². The van der Waals surface area contributed by atoms with Gasteiger partial charge in [-0.1, -0.05) is 29.8 Å². The summed E-state index contributed by atoms with van der Waals surface area (Å²) in [6.45, 7) is 4.72. The lowest BCUT2D eigenvalue weighted by Crippen LogP contribution is -2.18. The van der Waals surface area contributed by atoms with E-state index in [9.17, 15) is 4.39 Å². The lowest BCUT2D eigenvalue weighted by Gasteiger charge is -2.15. The van der Waals surface area contributed by atoms with Gasteiger partial charge in [0.2, 0.25) is 0 Å². The van der Waals surface area contributed by atoms with Crippen molar-refractivity contribution in [2.45, 2.75) is 26.4 Å². The van der Waals surface area contributed by atoms with Crippen LogP contribution >= 0.6 is 11.6 Å². The van der Waals surface area contributed by atoms with Crippen LogP contribution in [0.15, 0.2) is 42.5 Å². The predicted molar refractivity (Wildman–Crippen MR) is 77.8 cm³/mol. The molecule has 0 bridgehead atoms. The maximum Gasteiger partial charge on any atom is 0.123 e. The fourth-order valence-corrected chi connectivity index (χ4v) is 2.09. The second-order valence-electron chi connectivity index (χ2n) is 4.72. The minimum absolute atomic E-state index is 0.193. The Kier molecular flexibility index (Phi) is 4.56. The first-order chi connectivity index (χ1) is 9.06. The first-order valence-corrected chi connectivity index (χ1v) is 6.68. The van der Waals surface area contributed by atoms with Gasteiger partial charge in [-0.05, 0) is 54.8 Å². The lowest BCUT2D eigenvalue weighted by atomic mass is 10.1. The Morgan fingerprint density at radius 1 is 1.16 bits per heavy atom. The zero-order valence-corrected chi connectivity index (χ0v) is 11.8. The molecule has 0 aliphatic heterocycles. The Labute approximate surface area is 118 Å². The van der Waals surface area contributed by atoms with Crippen molar-refractivity contribution in [3.63, 3.8) is 0 Å². The summed E-state index contributed by atoms with van der Waals surface area (Å²) in [7, 11) is 0. The first-order valence-electron chi connectivity index (χ1n) is 6.30. The summed E-state index contributed by atoms with van der Waals surface area (Å²) in [4.78, 5) is 0. The summed E-state index contributed by atoms with van der Waals surface area (Å²) in [5.74, 6) is -0.193. The molecule has 0 saturated carbocycles. The zero-order chi connectivity index (χ0) is 13.8. The Balaban J connectivity index is 2.02. The number of halogens is 2. The Bertz CT molecular complexity index is 551. The standard InChI is InChI=1S/C16H17ClFN/c1-11-3-8-16(18)9-14(11)10-19-12(2)13-4-6-15(17)7-5-13/h3-9,12,19H,10H2,1-2H3/t12-/m1/s1. The highest BCUT2D eigenvalue weighted by Gasteiger charge is 2.06. The lowest BCUT2D eigenvalue weighted by molar-refractivity contribution is 0.568. The van der Waals surface area contributed by atoms with E-state index in [2.05, 4.69) is 12.2 Å². The summed E-state index contributed by atoms with van der Waals surface area (Å²) in [6, 6.07) is 12.8. The van der Waals surface area contributed by atoms with Gasteiger partial charge in [0.25, 0.3) is 0 Å². The Morgan fingerprint density at radius 2 is 1.84 bits per heavy atom. The molecule has 19 heavy (non-hydrogen) atoms. The van der Waals surface area contributed by atoms with Gasteiger partial charge in [-0.25, -0.2) is 4.39 Å². The molecule has 0 unspecified atom stereocenters. The van der Waals surface area contributed by atoms with E-state index in [1.807, 2.05) is 31.2 Å². The van der Waals surface area contributed by atoms with Crippen molar-refractivity contribution in [1.82, 2.24) is 5.32 Å². The van der Waals surface area contributed by atoms with Crippen molar-refractivity contribution in [3.8, 4) is 0 Å². The molecule has 1 N–H and O–H groups in total. The van der Waals surface area contributed by atoms with Gasteiger partial charge >= 0.3 is 0 Å². The third kappa shape index (κ3) is 3.79. The summed E-state index contributed by atoms with van der Waals surface area (Å²) in [5, 5.41) is 4.13. The van der Waals surface area contributed by atoms with E-state index in [1.165, 1.54) is 11.6 Å². The average molecular weight is 278 g/mol. The SMILES string of the molecule is Cc1ccc(F)cc1CN[C@H](C)c1ccc(Cl)cc1. The van der Waals surface area contributed by atoms with E-state index in [1.54, 1.807) is 12.1 Å². The molecule has 100 valence electrons. The largest absolute Gasteiger partial charge is 0.306 e. The smallest absolute Gasteiger partial charge is 0.123 e. The van der Waals surface area contributed by atoms with Crippen LogP contribution in [0.2, 0.25) is 5.02 Å². The van der Waals surface area contributed by atoms with Gasteiger partial charge in [0, 0.05) is 17.6 Å². The summed E-state index contributed by atoms with van der Waals surface area (Å²) >= 11 is 5.87. The minimum Gasteiger partial charge on any atom is -0.306 e. The molecule has 2 aromatic rings. The van der Waals surface area contributed by atoms with Crippen LogP contribution in [0, 0.1) is 12.7 Å². The third-order valence-corrected chi connectivity index (χ3v) is 3.53. The fraction of sp³-hybridized carbons (Fsp3) is 0.250. The molecule has 0 heterocycles. The molecule has 3 heteroatoms. The van der Waals surface area contributed by atoms with E-state index < -0.39 is 0 Å². The van der Waals surface area contributed by atoms with Crippen LogP contribution < -0.4 is 5.32 Å². The van der Waals surface area contributed by atoms with Crippen molar-refractivity contribution >= 4 is 11.6 Å². The molecule has 1 atom stereocenters. The maximum atomic E-state index is 13.2. The molecular formula is C16H17ClFN. The van der Waals surface area contributed by atoms with Crippen molar-refractivity contribution in [3.05, 3.63) is 70.0 Å². The molecule has 0 aliphatic rings. The van der Waals surface area contributed by atoms with Crippen LogP contribution in [0.25, 0.3) is 0 Å². The van der Waals surface area contributed by atoms with E-state index in [0.717, 1.165) is 16.1 Å². The fourth-order valence-electron chi connectivity index (χ4n) is 1.96. The predicted octanol–water partition coefficient (Wildman–Crippen LogP) is 4.64. The highest BCUT2D eigenvalue weighted by atomic mass is 35.5. The van der Waals surface area contributed by atoms with Crippen LogP contribution in [0.5, 0.6) is 0 Å². The molecule has 0 fully saturated rings. The number of rotatable bonds is 4.